The zero-order chi connectivity index (χ0) is 27.8. The molecular weight excluding hydrogens is 528 g/mol. The number of halogens is 2. The number of aromatic nitrogens is 5. The molecule has 4 N–H and O–H groups in total. The molecule has 200 valence electrons. The number of hydrogen-bond acceptors (Lipinski definition) is 7. The predicted octanol–water partition coefficient (Wildman–Crippen LogP) is 5.18. The monoisotopic (exact) mass is 551 g/mol. The first kappa shape index (κ1) is 26.0. The molecule has 0 bridgehead atoms. The lowest BCUT2D eigenvalue weighted by molar-refractivity contribution is 0.100. The standard InChI is InChI=1S/C26H23F2N7O3S/c1-4-35-11-16(12(2)34-35)15-9-18(23(27)28)30-26-20(15)21(22(39-26)24(29)36)31-25(37)19-10-17(32-33-19)13-5-7-14(38-3)8-6-13/h5-11,23H,4H2,1-3H3,(H2,29,36)(H,31,37)(H,32,33). The van der Waals surface area contributed by atoms with Crippen LogP contribution < -0.4 is 15.8 Å². The molecule has 0 unspecified atom stereocenters. The summed E-state index contributed by atoms with van der Waals surface area (Å²) >= 11 is 0.835. The number of methoxy groups -OCH3 is 1. The highest BCUT2D eigenvalue weighted by molar-refractivity contribution is 7.21. The summed E-state index contributed by atoms with van der Waals surface area (Å²) < 4.78 is 34.4. The van der Waals surface area contributed by atoms with Crippen molar-refractivity contribution in [1.82, 2.24) is 25.0 Å². The zero-order valence-electron chi connectivity index (χ0n) is 21.1. The van der Waals surface area contributed by atoms with Gasteiger partial charge < -0.3 is 15.8 Å². The second-order valence-electron chi connectivity index (χ2n) is 8.58. The van der Waals surface area contributed by atoms with Crippen LogP contribution in [0, 0.1) is 6.92 Å². The van der Waals surface area contributed by atoms with Crippen LogP contribution in [0.3, 0.4) is 0 Å². The predicted molar refractivity (Wildman–Crippen MR) is 143 cm³/mol. The molecule has 0 aliphatic carbocycles. The highest BCUT2D eigenvalue weighted by Gasteiger charge is 2.27. The molecule has 39 heavy (non-hydrogen) atoms. The van der Waals surface area contributed by atoms with Crippen LogP contribution in [-0.2, 0) is 6.54 Å². The Morgan fingerprint density at radius 3 is 2.56 bits per heavy atom. The third kappa shape index (κ3) is 4.83. The fraction of sp³-hybridized carbons (Fsp3) is 0.192. The van der Waals surface area contributed by atoms with Crippen molar-refractivity contribution in [2.24, 2.45) is 5.73 Å². The number of aromatic amines is 1. The number of nitrogens with zero attached hydrogens (tertiary/aromatic N) is 4. The van der Waals surface area contributed by atoms with Crippen molar-refractivity contribution in [2.75, 3.05) is 12.4 Å². The second kappa shape index (κ2) is 10.3. The molecular formula is C26H23F2N7O3S. The maximum absolute atomic E-state index is 13.8. The van der Waals surface area contributed by atoms with Crippen molar-refractivity contribution >= 4 is 39.1 Å². The number of nitrogens with two attached hydrogens (primary N) is 1. The van der Waals surface area contributed by atoms with E-state index in [4.69, 9.17) is 10.5 Å². The van der Waals surface area contributed by atoms with Gasteiger partial charge in [0.25, 0.3) is 18.2 Å². The number of H-pyrrole nitrogens is 1. The topological polar surface area (TPSA) is 141 Å². The molecule has 0 fully saturated rings. The number of pyridine rings is 1. The molecule has 4 aromatic heterocycles. The molecule has 0 spiro atoms. The summed E-state index contributed by atoms with van der Waals surface area (Å²) in [5.41, 5.74) is 8.15. The molecule has 1 aromatic carbocycles. The molecule has 0 saturated carbocycles. The number of ether oxygens (including phenoxy) is 1. The summed E-state index contributed by atoms with van der Waals surface area (Å²) in [5, 5.41) is 14.4. The first-order valence-corrected chi connectivity index (χ1v) is 12.6. The van der Waals surface area contributed by atoms with Crippen LogP contribution in [0.15, 0.2) is 42.6 Å². The first-order valence-electron chi connectivity index (χ1n) is 11.8. The highest BCUT2D eigenvalue weighted by atomic mass is 32.1. The van der Waals surface area contributed by atoms with Gasteiger partial charge in [-0.3, -0.25) is 19.4 Å². The summed E-state index contributed by atoms with van der Waals surface area (Å²) in [6.45, 7) is 4.21. The lowest BCUT2D eigenvalue weighted by atomic mass is 10.0. The number of benzene rings is 1. The largest absolute Gasteiger partial charge is 0.497 e. The Balaban J connectivity index is 1.61. The van der Waals surface area contributed by atoms with Crippen molar-refractivity contribution in [1.29, 1.82) is 0 Å². The van der Waals surface area contributed by atoms with Gasteiger partial charge in [0.2, 0.25) is 0 Å². The number of primary amides is 1. The summed E-state index contributed by atoms with van der Waals surface area (Å²) in [4.78, 5) is 29.9. The fourth-order valence-electron chi connectivity index (χ4n) is 4.21. The molecule has 2 amide bonds. The van der Waals surface area contributed by atoms with Crippen LogP contribution in [0.4, 0.5) is 14.5 Å². The van der Waals surface area contributed by atoms with E-state index in [1.54, 1.807) is 55.2 Å². The third-order valence-electron chi connectivity index (χ3n) is 6.14. The van der Waals surface area contributed by atoms with E-state index in [9.17, 15) is 18.4 Å². The molecule has 0 atom stereocenters. The van der Waals surface area contributed by atoms with Gasteiger partial charge >= 0.3 is 0 Å². The number of rotatable bonds is 8. The van der Waals surface area contributed by atoms with Gasteiger partial charge in [-0.1, -0.05) is 0 Å². The van der Waals surface area contributed by atoms with E-state index in [0.717, 1.165) is 16.9 Å². The molecule has 4 heterocycles. The normalized spacial score (nSPS) is 11.3. The van der Waals surface area contributed by atoms with Crippen LogP contribution in [0.5, 0.6) is 5.75 Å². The van der Waals surface area contributed by atoms with E-state index in [2.05, 4.69) is 25.6 Å². The molecule has 5 rings (SSSR count). The smallest absolute Gasteiger partial charge is 0.280 e. The Hall–Kier alpha value is -4.65. The minimum absolute atomic E-state index is 0.0195. The van der Waals surface area contributed by atoms with Crippen molar-refractivity contribution in [2.45, 2.75) is 26.8 Å². The average molecular weight is 552 g/mol. The van der Waals surface area contributed by atoms with E-state index in [1.807, 2.05) is 6.92 Å². The number of hydrogen-bond donors (Lipinski definition) is 3. The van der Waals surface area contributed by atoms with Gasteiger partial charge in [-0.05, 0) is 55.8 Å². The summed E-state index contributed by atoms with van der Waals surface area (Å²) in [6.07, 6.45) is -1.13. The SMILES string of the molecule is CCn1cc(-c2cc(C(F)F)nc3sc(C(N)=O)c(NC(=O)c4cc(-c5ccc(OC)cc5)n[nH]4)c23)c(C)n1. The number of fused-ring (bicyclic) bond motifs is 1. The highest BCUT2D eigenvalue weighted by Crippen LogP contribution is 2.43. The van der Waals surface area contributed by atoms with Gasteiger partial charge in [0.05, 0.1) is 24.2 Å². The van der Waals surface area contributed by atoms with Crippen LogP contribution in [0.25, 0.3) is 32.6 Å². The van der Waals surface area contributed by atoms with Crippen LogP contribution in [-0.4, -0.2) is 43.9 Å². The molecule has 0 aliphatic rings. The number of carbonyl (C=O) groups excluding carboxylic acids is 2. The number of carbonyl (C=O) groups is 2. The molecule has 13 heteroatoms. The van der Waals surface area contributed by atoms with Gasteiger partial charge in [-0.25, -0.2) is 13.8 Å². The summed E-state index contributed by atoms with van der Waals surface area (Å²) in [5.74, 6) is -0.758. The minimum atomic E-state index is -2.85. The van der Waals surface area contributed by atoms with Crippen LogP contribution >= 0.6 is 11.3 Å². The Morgan fingerprint density at radius 1 is 1.21 bits per heavy atom. The Kier molecular flexibility index (Phi) is 6.83. The lowest BCUT2D eigenvalue weighted by Crippen LogP contribution is -2.17. The van der Waals surface area contributed by atoms with Crippen molar-refractivity contribution < 1.29 is 23.1 Å². The van der Waals surface area contributed by atoms with E-state index in [-0.39, 0.29) is 21.1 Å². The van der Waals surface area contributed by atoms with Gasteiger partial charge in [-0.15, -0.1) is 11.3 Å². The van der Waals surface area contributed by atoms with Gasteiger partial charge in [0, 0.05) is 29.3 Å². The number of nitrogens with one attached hydrogen (secondary N) is 2. The van der Waals surface area contributed by atoms with E-state index in [0.29, 0.717) is 40.2 Å². The molecule has 0 aliphatic heterocycles. The van der Waals surface area contributed by atoms with Crippen LogP contribution in [0.1, 0.15) is 44.9 Å². The molecule has 0 radical (unpaired) electrons. The minimum Gasteiger partial charge on any atom is -0.497 e. The number of aryl methyl sites for hydroxylation is 2. The van der Waals surface area contributed by atoms with Crippen molar-refractivity contribution in [3.05, 3.63) is 64.6 Å². The van der Waals surface area contributed by atoms with Crippen molar-refractivity contribution in [3.8, 4) is 28.1 Å². The van der Waals surface area contributed by atoms with Crippen molar-refractivity contribution in [3.63, 3.8) is 0 Å². The Labute approximate surface area is 224 Å². The molecule has 10 nitrogen and oxygen atoms in total. The van der Waals surface area contributed by atoms with E-state index < -0.39 is 23.9 Å². The zero-order valence-corrected chi connectivity index (χ0v) is 21.9. The van der Waals surface area contributed by atoms with Gasteiger partial charge in [-0.2, -0.15) is 10.2 Å². The van der Waals surface area contributed by atoms with E-state index in [1.165, 1.54) is 6.07 Å². The van der Waals surface area contributed by atoms with Crippen LogP contribution in [0.2, 0.25) is 0 Å². The number of anilines is 1. The fourth-order valence-corrected chi connectivity index (χ4v) is 5.22. The number of alkyl halides is 2. The summed E-state index contributed by atoms with van der Waals surface area (Å²) in [6, 6.07) is 9.94. The summed E-state index contributed by atoms with van der Waals surface area (Å²) in [7, 11) is 1.56. The average Bonchev–Trinajstić information content (AvgIpc) is 3.65. The maximum atomic E-state index is 13.8. The lowest BCUT2D eigenvalue weighted by Gasteiger charge is -2.10. The molecule has 0 saturated heterocycles. The Morgan fingerprint density at radius 2 is 1.95 bits per heavy atom. The third-order valence-corrected chi connectivity index (χ3v) is 7.23. The van der Waals surface area contributed by atoms with Gasteiger partial charge in [0.1, 0.15) is 26.8 Å². The second-order valence-corrected chi connectivity index (χ2v) is 9.58. The van der Waals surface area contributed by atoms with E-state index >= 15 is 0 Å². The maximum Gasteiger partial charge on any atom is 0.280 e. The van der Waals surface area contributed by atoms with Gasteiger partial charge in [0.15, 0.2) is 0 Å². The molecule has 5 aromatic rings. The number of thiophene rings is 1. The quantitative estimate of drug-likeness (QED) is 0.243. The first-order chi connectivity index (χ1) is 18.7. The Bertz CT molecular complexity index is 1710. The number of amides is 2.